The molecule has 0 aromatic heterocycles. The first-order chi connectivity index (χ1) is 9.46. The second-order valence-corrected chi connectivity index (χ2v) is 7.43. The first-order valence-corrected chi connectivity index (χ1v) is 8.61. The Morgan fingerprint density at radius 3 is 2.70 bits per heavy atom. The number of aliphatic hydroxyl groups is 1. The molecule has 0 aliphatic carbocycles. The summed E-state index contributed by atoms with van der Waals surface area (Å²) in [5.74, 6) is 0. The lowest BCUT2D eigenvalue weighted by Crippen LogP contribution is -2.42. The van der Waals surface area contributed by atoms with Gasteiger partial charge in [0.2, 0.25) is 10.0 Å². The summed E-state index contributed by atoms with van der Waals surface area (Å²) in [4.78, 5) is 0.373. The van der Waals surface area contributed by atoms with Crippen LogP contribution >= 0.6 is 0 Å². The van der Waals surface area contributed by atoms with E-state index >= 15 is 0 Å². The Morgan fingerprint density at radius 2 is 2.00 bits per heavy atom. The van der Waals surface area contributed by atoms with Gasteiger partial charge in [-0.15, -0.1) is 0 Å². The number of rotatable bonds is 3. The van der Waals surface area contributed by atoms with Gasteiger partial charge in [-0.25, -0.2) is 8.42 Å². The first kappa shape index (κ1) is 15.5. The Balaban J connectivity index is 2.44. The quantitative estimate of drug-likeness (QED) is 0.931. The molecule has 0 spiro atoms. The summed E-state index contributed by atoms with van der Waals surface area (Å²) in [5.41, 5.74) is 1.70. The van der Waals surface area contributed by atoms with Gasteiger partial charge in [0.1, 0.15) is 0 Å². The highest BCUT2D eigenvalue weighted by Gasteiger charge is 2.32. The third-order valence-electron chi connectivity index (χ3n) is 3.96. The molecular weight excluding hydrogens is 274 g/mol. The van der Waals surface area contributed by atoms with E-state index in [0.717, 1.165) is 36.8 Å². The van der Waals surface area contributed by atoms with Crippen molar-refractivity contribution in [3.8, 4) is 0 Å². The molecule has 1 aliphatic heterocycles. The van der Waals surface area contributed by atoms with Gasteiger partial charge in [0.05, 0.1) is 11.5 Å². The summed E-state index contributed by atoms with van der Waals surface area (Å²) in [5, 5.41) is 9.51. The highest BCUT2D eigenvalue weighted by Crippen LogP contribution is 2.27. The number of benzene rings is 1. The molecule has 112 valence electrons. The molecule has 0 radical (unpaired) electrons. The molecule has 0 amide bonds. The minimum atomic E-state index is -3.53. The van der Waals surface area contributed by atoms with Crippen LogP contribution in [0.4, 0.5) is 0 Å². The van der Waals surface area contributed by atoms with Crippen molar-refractivity contribution in [1.82, 2.24) is 4.31 Å². The van der Waals surface area contributed by atoms with Crippen molar-refractivity contribution in [2.75, 3.05) is 13.2 Å². The summed E-state index contributed by atoms with van der Waals surface area (Å²) in [6, 6.07) is 5.19. The number of aryl methyl sites for hydroxylation is 2. The van der Waals surface area contributed by atoms with Gasteiger partial charge in [-0.3, -0.25) is 0 Å². The van der Waals surface area contributed by atoms with Gasteiger partial charge >= 0.3 is 0 Å². The Bertz CT molecular complexity index is 568. The van der Waals surface area contributed by atoms with Crippen molar-refractivity contribution in [2.45, 2.75) is 50.5 Å². The third-order valence-corrected chi connectivity index (χ3v) is 6.06. The summed E-state index contributed by atoms with van der Waals surface area (Å²) in [6.45, 7) is 4.10. The van der Waals surface area contributed by atoms with Crippen LogP contribution in [0.2, 0.25) is 0 Å². The highest BCUT2D eigenvalue weighted by molar-refractivity contribution is 7.89. The lowest BCUT2D eigenvalue weighted by molar-refractivity contribution is 0.186. The molecule has 1 atom stereocenters. The molecular formula is C15H23NO3S. The van der Waals surface area contributed by atoms with Crippen LogP contribution in [0.3, 0.4) is 0 Å². The maximum atomic E-state index is 12.9. The van der Waals surface area contributed by atoms with Gasteiger partial charge < -0.3 is 5.11 Å². The van der Waals surface area contributed by atoms with E-state index in [1.807, 2.05) is 26.0 Å². The molecule has 1 unspecified atom stereocenters. The lowest BCUT2D eigenvalue weighted by atomic mass is 10.1. The number of nitrogens with zero attached hydrogens (tertiary/aromatic N) is 1. The summed E-state index contributed by atoms with van der Waals surface area (Å²) < 4.78 is 27.3. The summed E-state index contributed by atoms with van der Waals surface area (Å²) in [7, 11) is -3.53. The van der Waals surface area contributed by atoms with Gasteiger partial charge in [0.25, 0.3) is 0 Å². The van der Waals surface area contributed by atoms with E-state index in [-0.39, 0.29) is 12.6 Å². The molecule has 1 saturated heterocycles. The van der Waals surface area contributed by atoms with Crippen LogP contribution in [0.5, 0.6) is 0 Å². The van der Waals surface area contributed by atoms with Gasteiger partial charge in [-0.2, -0.15) is 4.31 Å². The van der Waals surface area contributed by atoms with E-state index < -0.39 is 10.0 Å². The average molecular weight is 297 g/mol. The molecule has 2 rings (SSSR count). The fourth-order valence-electron chi connectivity index (χ4n) is 2.76. The minimum absolute atomic E-state index is 0.107. The number of hydrogen-bond acceptors (Lipinski definition) is 3. The van der Waals surface area contributed by atoms with Crippen LogP contribution in [0, 0.1) is 13.8 Å². The summed E-state index contributed by atoms with van der Waals surface area (Å²) >= 11 is 0. The maximum Gasteiger partial charge on any atom is 0.243 e. The van der Waals surface area contributed by atoms with E-state index in [2.05, 4.69) is 0 Å². The van der Waals surface area contributed by atoms with Crippen molar-refractivity contribution in [3.63, 3.8) is 0 Å². The predicted octanol–water partition coefficient (Wildman–Crippen LogP) is 2.23. The third kappa shape index (κ3) is 3.05. The molecule has 1 heterocycles. The molecule has 1 aromatic carbocycles. The fraction of sp³-hybridized carbons (Fsp3) is 0.600. The Labute approximate surface area is 121 Å². The van der Waals surface area contributed by atoms with Crippen molar-refractivity contribution < 1.29 is 13.5 Å². The maximum absolute atomic E-state index is 12.9. The molecule has 20 heavy (non-hydrogen) atoms. The molecule has 4 nitrogen and oxygen atoms in total. The normalized spacial score (nSPS) is 21.6. The van der Waals surface area contributed by atoms with Crippen LogP contribution in [0.15, 0.2) is 23.1 Å². The number of sulfonamides is 1. The number of hydrogen-bond donors (Lipinski definition) is 1. The molecule has 0 saturated carbocycles. The van der Waals surface area contributed by atoms with Crippen molar-refractivity contribution in [3.05, 3.63) is 29.3 Å². The fourth-order valence-corrected chi connectivity index (χ4v) is 4.76. The largest absolute Gasteiger partial charge is 0.395 e. The number of aliphatic hydroxyl groups excluding tert-OH is 1. The van der Waals surface area contributed by atoms with Gasteiger partial charge in [-0.1, -0.05) is 25.0 Å². The second-order valence-electron chi connectivity index (χ2n) is 5.57. The summed E-state index contributed by atoms with van der Waals surface area (Å²) in [6.07, 6.45) is 3.60. The standard InChI is InChI=1S/C15H23NO3S/c1-12-7-8-13(2)15(10-12)20(18,19)16-9-5-3-4-6-14(16)11-17/h7-8,10,14,17H,3-6,9,11H2,1-2H3. The van der Waals surface area contributed by atoms with Crippen molar-refractivity contribution in [2.24, 2.45) is 0 Å². The van der Waals surface area contributed by atoms with Crippen LogP contribution < -0.4 is 0 Å². The van der Waals surface area contributed by atoms with E-state index in [9.17, 15) is 13.5 Å². The van der Waals surface area contributed by atoms with E-state index in [4.69, 9.17) is 0 Å². The van der Waals surface area contributed by atoms with Crippen LogP contribution in [0.1, 0.15) is 36.8 Å². The van der Waals surface area contributed by atoms with Crippen LogP contribution in [-0.2, 0) is 10.0 Å². The molecule has 1 aromatic rings. The van der Waals surface area contributed by atoms with Crippen LogP contribution in [-0.4, -0.2) is 37.0 Å². The Hall–Kier alpha value is -0.910. The average Bonchev–Trinajstić information content (AvgIpc) is 2.66. The lowest BCUT2D eigenvalue weighted by Gasteiger charge is -2.28. The van der Waals surface area contributed by atoms with Gasteiger partial charge in [-0.05, 0) is 43.9 Å². The predicted molar refractivity (Wildman–Crippen MR) is 79.1 cm³/mol. The molecule has 1 aliphatic rings. The van der Waals surface area contributed by atoms with Crippen molar-refractivity contribution in [1.29, 1.82) is 0 Å². The SMILES string of the molecule is Cc1ccc(C)c(S(=O)(=O)N2CCCCCC2CO)c1. The van der Waals surface area contributed by atoms with Gasteiger partial charge in [0.15, 0.2) is 0 Å². The zero-order valence-corrected chi connectivity index (χ0v) is 13.0. The molecule has 0 bridgehead atoms. The van der Waals surface area contributed by atoms with E-state index in [0.29, 0.717) is 11.4 Å². The highest BCUT2D eigenvalue weighted by atomic mass is 32.2. The van der Waals surface area contributed by atoms with Gasteiger partial charge in [0, 0.05) is 12.6 Å². The molecule has 1 N–H and O–H groups in total. The first-order valence-electron chi connectivity index (χ1n) is 7.17. The van der Waals surface area contributed by atoms with E-state index in [1.54, 1.807) is 6.07 Å². The second kappa shape index (κ2) is 6.24. The minimum Gasteiger partial charge on any atom is -0.395 e. The van der Waals surface area contributed by atoms with E-state index in [1.165, 1.54) is 4.31 Å². The monoisotopic (exact) mass is 297 g/mol. The Kier molecular flexibility index (Phi) is 4.83. The zero-order chi connectivity index (χ0) is 14.8. The zero-order valence-electron chi connectivity index (χ0n) is 12.2. The topological polar surface area (TPSA) is 57.6 Å². The molecule has 1 fully saturated rings. The molecule has 5 heteroatoms. The smallest absolute Gasteiger partial charge is 0.243 e. The Morgan fingerprint density at radius 1 is 1.25 bits per heavy atom. The van der Waals surface area contributed by atoms with Crippen molar-refractivity contribution >= 4 is 10.0 Å². The van der Waals surface area contributed by atoms with Crippen LogP contribution in [0.25, 0.3) is 0 Å².